The summed E-state index contributed by atoms with van der Waals surface area (Å²) in [6.07, 6.45) is 2.08. The molecule has 4 rings (SSSR count). The molecule has 1 aromatic carbocycles. The van der Waals surface area contributed by atoms with Crippen molar-refractivity contribution < 1.29 is 14.0 Å². The van der Waals surface area contributed by atoms with Gasteiger partial charge in [-0.15, -0.1) is 0 Å². The minimum absolute atomic E-state index is 0.0310. The number of fused-ring (bicyclic) bond motifs is 1. The minimum Gasteiger partial charge on any atom is -0.337 e. The first-order valence-electron chi connectivity index (χ1n) is 9.23. The van der Waals surface area contributed by atoms with Gasteiger partial charge in [-0.25, -0.2) is 9.18 Å². The molecule has 0 atom stereocenters. The number of amides is 3. The molecule has 0 unspecified atom stereocenters. The average Bonchev–Trinajstić information content (AvgIpc) is 3.34. The summed E-state index contributed by atoms with van der Waals surface area (Å²) in [5.41, 5.74) is 2.02. The van der Waals surface area contributed by atoms with E-state index in [2.05, 4.69) is 10.4 Å². The molecule has 0 radical (unpaired) electrons. The quantitative estimate of drug-likeness (QED) is 0.897. The maximum absolute atomic E-state index is 13.2. The van der Waals surface area contributed by atoms with Crippen molar-refractivity contribution in [3.63, 3.8) is 0 Å². The van der Waals surface area contributed by atoms with Gasteiger partial charge in [0.1, 0.15) is 5.82 Å². The summed E-state index contributed by atoms with van der Waals surface area (Å²) in [5.74, 6) is -0.352. The first kappa shape index (κ1) is 17.5. The van der Waals surface area contributed by atoms with Crippen LogP contribution in [-0.2, 0) is 19.6 Å². The van der Waals surface area contributed by atoms with Crippen LogP contribution in [0.5, 0.6) is 0 Å². The Kier molecular flexibility index (Phi) is 4.79. The molecule has 1 saturated heterocycles. The SMILES string of the molecule is O=C(NCc1cccc(F)c1)N1CCn2nc(C(=O)N3CCCC3)cc2C1. The van der Waals surface area contributed by atoms with Crippen LogP contribution in [0.4, 0.5) is 9.18 Å². The van der Waals surface area contributed by atoms with Crippen LogP contribution in [0, 0.1) is 5.82 Å². The fourth-order valence-electron chi connectivity index (χ4n) is 3.56. The van der Waals surface area contributed by atoms with Crippen LogP contribution in [0.2, 0.25) is 0 Å². The molecule has 2 aromatic rings. The van der Waals surface area contributed by atoms with E-state index in [0.717, 1.165) is 31.6 Å². The summed E-state index contributed by atoms with van der Waals surface area (Å²) in [7, 11) is 0. The maximum Gasteiger partial charge on any atom is 0.318 e. The Balaban J connectivity index is 1.37. The number of benzene rings is 1. The number of carbonyl (C=O) groups excluding carboxylic acids is 2. The third kappa shape index (κ3) is 3.79. The molecule has 142 valence electrons. The molecule has 7 nitrogen and oxygen atoms in total. The summed E-state index contributed by atoms with van der Waals surface area (Å²) < 4.78 is 15.0. The fourth-order valence-corrected chi connectivity index (χ4v) is 3.56. The number of hydrogen-bond donors (Lipinski definition) is 1. The molecule has 1 N–H and O–H groups in total. The first-order valence-corrected chi connectivity index (χ1v) is 9.23. The van der Waals surface area contributed by atoms with Crippen molar-refractivity contribution in [2.45, 2.75) is 32.5 Å². The van der Waals surface area contributed by atoms with E-state index in [4.69, 9.17) is 0 Å². The van der Waals surface area contributed by atoms with Gasteiger partial charge in [-0.3, -0.25) is 9.48 Å². The second-order valence-corrected chi connectivity index (χ2v) is 6.95. The van der Waals surface area contributed by atoms with Gasteiger partial charge in [0, 0.05) is 26.2 Å². The van der Waals surface area contributed by atoms with E-state index < -0.39 is 0 Å². The molecule has 2 aliphatic heterocycles. The molecule has 0 bridgehead atoms. The molecule has 1 fully saturated rings. The van der Waals surface area contributed by atoms with Gasteiger partial charge in [0.25, 0.3) is 5.91 Å². The summed E-state index contributed by atoms with van der Waals surface area (Å²) in [5, 5.41) is 7.23. The van der Waals surface area contributed by atoms with Crippen molar-refractivity contribution in [1.29, 1.82) is 0 Å². The van der Waals surface area contributed by atoms with Crippen molar-refractivity contribution in [3.8, 4) is 0 Å². The normalized spacial score (nSPS) is 16.3. The van der Waals surface area contributed by atoms with Crippen LogP contribution >= 0.6 is 0 Å². The standard InChI is InChI=1S/C19H22FN5O2/c20-15-5-3-4-14(10-15)12-21-19(27)24-8-9-25-16(13-24)11-17(22-25)18(26)23-6-1-2-7-23/h3-5,10-11H,1-2,6-9,12-13H2,(H,21,27). The number of urea groups is 1. The van der Waals surface area contributed by atoms with Crippen molar-refractivity contribution in [2.24, 2.45) is 0 Å². The van der Waals surface area contributed by atoms with Gasteiger partial charge in [0.15, 0.2) is 5.69 Å². The van der Waals surface area contributed by atoms with Gasteiger partial charge < -0.3 is 15.1 Å². The molecule has 1 aromatic heterocycles. The van der Waals surface area contributed by atoms with Crippen LogP contribution < -0.4 is 5.32 Å². The lowest BCUT2D eigenvalue weighted by molar-refractivity contribution is 0.0785. The molecule has 0 saturated carbocycles. The van der Waals surface area contributed by atoms with Gasteiger partial charge >= 0.3 is 6.03 Å². The van der Waals surface area contributed by atoms with Crippen LogP contribution in [0.15, 0.2) is 30.3 Å². The zero-order valence-corrected chi connectivity index (χ0v) is 15.0. The molecule has 0 aliphatic carbocycles. The highest BCUT2D eigenvalue weighted by molar-refractivity contribution is 5.92. The Morgan fingerprint density at radius 1 is 1.07 bits per heavy atom. The van der Waals surface area contributed by atoms with Gasteiger partial charge in [-0.05, 0) is 36.6 Å². The largest absolute Gasteiger partial charge is 0.337 e. The van der Waals surface area contributed by atoms with Crippen molar-refractivity contribution in [1.82, 2.24) is 24.9 Å². The first-order chi connectivity index (χ1) is 13.1. The number of likely N-dealkylation sites (tertiary alicyclic amines) is 1. The smallest absolute Gasteiger partial charge is 0.318 e. The van der Waals surface area contributed by atoms with Crippen LogP contribution in [-0.4, -0.2) is 51.2 Å². The summed E-state index contributed by atoms with van der Waals surface area (Å²) in [6.45, 7) is 3.31. The summed E-state index contributed by atoms with van der Waals surface area (Å²) >= 11 is 0. The van der Waals surface area contributed by atoms with Gasteiger partial charge in [0.05, 0.1) is 18.8 Å². The van der Waals surface area contributed by atoms with E-state index in [1.807, 2.05) is 4.90 Å². The van der Waals surface area contributed by atoms with Gasteiger partial charge in [0.2, 0.25) is 0 Å². The third-order valence-electron chi connectivity index (χ3n) is 5.03. The number of nitrogens with zero attached hydrogens (tertiary/aromatic N) is 4. The number of halogens is 1. The van der Waals surface area contributed by atoms with Crippen LogP contribution in [0.25, 0.3) is 0 Å². The molecule has 0 spiro atoms. The average molecular weight is 371 g/mol. The zero-order chi connectivity index (χ0) is 18.8. The predicted molar refractivity (Wildman–Crippen MR) is 96.4 cm³/mol. The summed E-state index contributed by atoms with van der Waals surface area (Å²) in [6, 6.07) is 7.74. The summed E-state index contributed by atoms with van der Waals surface area (Å²) in [4.78, 5) is 28.4. The van der Waals surface area contributed by atoms with E-state index in [0.29, 0.717) is 30.9 Å². The highest BCUT2D eigenvalue weighted by atomic mass is 19.1. The molecule has 3 heterocycles. The lowest BCUT2D eigenvalue weighted by atomic mass is 10.2. The molecular weight excluding hydrogens is 349 g/mol. The molecule has 27 heavy (non-hydrogen) atoms. The Morgan fingerprint density at radius 3 is 2.67 bits per heavy atom. The number of carbonyl (C=O) groups is 2. The van der Waals surface area contributed by atoms with E-state index in [9.17, 15) is 14.0 Å². The fraction of sp³-hybridized carbons (Fsp3) is 0.421. The van der Waals surface area contributed by atoms with E-state index in [1.54, 1.807) is 27.8 Å². The minimum atomic E-state index is -0.321. The van der Waals surface area contributed by atoms with Gasteiger partial charge in [-0.2, -0.15) is 5.10 Å². The lowest BCUT2D eigenvalue weighted by Gasteiger charge is -2.27. The number of nitrogens with one attached hydrogen (secondary N) is 1. The van der Waals surface area contributed by atoms with Crippen molar-refractivity contribution in [3.05, 3.63) is 53.1 Å². The second kappa shape index (κ2) is 7.38. The molecule has 2 aliphatic rings. The monoisotopic (exact) mass is 371 g/mol. The highest BCUT2D eigenvalue weighted by Gasteiger charge is 2.26. The Labute approximate surface area is 156 Å². The molecule has 3 amide bonds. The van der Waals surface area contributed by atoms with Crippen LogP contribution in [0.1, 0.15) is 34.6 Å². The van der Waals surface area contributed by atoms with E-state index in [-0.39, 0.29) is 24.3 Å². The lowest BCUT2D eigenvalue weighted by Crippen LogP contribution is -2.44. The number of hydrogen-bond acceptors (Lipinski definition) is 3. The zero-order valence-electron chi connectivity index (χ0n) is 15.0. The van der Waals surface area contributed by atoms with E-state index in [1.165, 1.54) is 12.1 Å². The second-order valence-electron chi connectivity index (χ2n) is 6.95. The number of rotatable bonds is 3. The third-order valence-corrected chi connectivity index (χ3v) is 5.03. The van der Waals surface area contributed by atoms with Gasteiger partial charge in [-0.1, -0.05) is 12.1 Å². The Bertz CT molecular complexity index is 860. The van der Waals surface area contributed by atoms with Crippen molar-refractivity contribution in [2.75, 3.05) is 19.6 Å². The molecular formula is C19H22FN5O2. The maximum atomic E-state index is 13.2. The number of aromatic nitrogens is 2. The molecule has 8 heteroatoms. The van der Waals surface area contributed by atoms with E-state index >= 15 is 0 Å². The topological polar surface area (TPSA) is 70.5 Å². The Morgan fingerprint density at radius 2 is 1.89 bits per heavy atom. The Hall–Kier alpha value is -2.90. The van der Waals surface area contributed by atoms with Crippen molar-refractivity contribution >= 4 is 11.9 Å². The highest BCUT2D eigenvalue weighted by Crippen LogP contribution is 2.17. The predicted octanol–water partition coefficient (Wildman–Crippen LogP) is 1.98. The van der Waals surface area contributed by atoms with Crippen LogP contribution in [0.3, 0.4) is 0 Å².